The quantitative estimate of drug-likeness (QED) is 0.0113. The fourth-order valence-electron chi connectivity index (χ4n) is 5.77. The number of quaternary nitrogens is 1. The number of carbonyl (C=O) groups is 3. The van der Waals surface area contributed by atoms with E-state index in [-0.39, 0.29) is 38.0 Å². The topological polar surface area (TPSA) is 192 Å². The summed E-state index contributed by atoms with van der Waals surface area (Å²) in [6, 6.07) is -1.20. The third-order valence-electron chi connectivity index (χ3n) is 9.79. The molecular formula is C53H88N2O11PS+. The van der Waals surface area contributed by atoms with Gasteiger partial charge >= 0.3 is 25.7 Å². The molecule has 5 atom stereocenters. The van der Waals surface area contributed by atoms with Crippen LogP contribution in [0.25, 0.3) is 0 Å². The van der Waals surface area contributed by atoms with Gasteiger partial charge in [-0.1, -0.05) is 149 Å². The molecule has 386 valence electrons. The number of ether oxygens (including phenoxy) is 2. The summed E-state index contributed by atoms with van der Waals surface area (Å²) in [6.45, 7) is 3.67. The Kier molecular flexibility index (Phi) is 41.1. The minimum Gasteiger partial charge on any atom is -0.481 e. The summed E-state index contributed by atoms with van der Waals surface area (Å²) in [7, 11) is 1.12. The molecule has 0 fully saturated rings. The second-order valence-corrected chi connectivity index (χ2v) is 20.0. The van der Waals surface area contributed by atoms with E-state index < -0.39 is 62.4 Å². The van der Waals surface area contributed by atoms with Crippen molar-refractivity contribution in [2.24, 2.45) is 5.73 Å². The molecule has 0 amide bonds. The van der Waals surface area contributed by atoms with Crippen molar-refractivity contribution in [1.29, 1.82) is 0 Å². The Labute approximate surface area is 414 Å². The minimum absolute atomic E-state index is 0.00541. The number of allylic oxidation sites excluding steroid dienone is 17. The summed E-state index contributed by atoms with van der Waals surface area (Å²) in [4.78, 5) is 47.3. The molecule has 0 saturated carbocycles. The number of esters is 2. The maximum absolute atomic E-state index is 13.3. The Balaban J connectivity index is 5.31. The zero-order valence-electron chi connectivity index (χ0n) is 42.0. The summed E-state index contributed by atoms with van der Waals surface area (Å²) >= 11 is 1.20. The van der Waals surface area contributed by atoms with Crippen molar-refractivity contribution >= 4 is 37.5 Å². The van der Waals surface area contributed by atoms with Crippen LogP contribution in [0.5, 0.6) is 0 Å². The Morgan fingerprint density at radius 2 is 1.21 bits per heavy atom. The highest BCUT2D eigenvalue weighted by atomic mass is 32.2. The van der Waals surface area contributed by atoms with Crippen molar-refractivity contribution < 1.29 is 57.1 Å². The molecule has 0 aromatic heterocycles. The van der Waals surface area contributed by atoms with Gasteiger partial charge < -0.3 is 34.8 Å². The van der Waals surface area contributed by atoms with Crippen LogP contribution < -0.4 is 5.73 Å². The lowest BCUT2D eigenvalue weighted by Gasteiger charge is -2.25. The summed E-state index contributed by atoms with van der Waals surface area (Å²) in [6.07, 6.45) is 49.2. The number of carbonyl (C=O) groups excluding carboxylic acids is 2. The van der Waals surface area contributed by atoms with E-state index in [0.717, 1.165) is 38.5 Å². The van der Waals surface area contributed by atoms with Crippen molar-refractivity contribution in [3.8, 4) is 0 Å². The highest BCUT2D eigenvalue weighted by Gasteiger charge is 2.29. The number of phosphoric acid groups is 1. The summed E-state index contributed by atoms with van der Waals surface area (Å²) in [5.41, 5.74) is 6.24. The summed E-state index contributed by atoms with van der Waals surface area (Å²) in [5.74, 6) is -2.40. The molecule has 0 saturated heterocycles. The van der Waals surface area contributed by atoms with Crippen LogP contribution in [-0.4, -0.2) is 114 Å². The van der Waals surface area contributed by atoms with Gasteiger partial charge in [-0.2, -0.15) is 0 Å². The number of carboxylic acid groups (broad SMARTS) is 1. The molecule has 0 aliphatic carbocycles. The zero-order chi connectivity index (χ0) is 50.6. The number of nitrogens with zero attached hydrogens (tertiary/aromatic N) is 1. The number of hydrogen-bond acceptors (Lipinski definition) is 11. The molecule has 0 rings (SSSR count). The Morgan fingerprint density at radius 3 is 1.75 bits per heavy atom. The minimum atomic E-state index is -4.56. The molecule has 0 radical (unpaired) electrons. The number of aliphatic hydroxyl groups excluding tert-OH is 1. The zero-order valence-corrected chi connectivity index (χ0v) is 43.7. The Hall–Kier alpha value is -3.59. The maximum Gasteiger partial charge on any atom is 0.472 e. The van der Waals surface area contributed by atoms with Crippen LogP contribution in [0.2, 0.25) is 0 Å². The lowest BCUT2D eigenvalue weighted by molar-refractivity contribution is -0.870. The van der Waals surface area contributed by atoms with Crippen LogP contribution in [0.4, 0.5) is 0 Å². The average molecular weight is 992 g/mol. The number of hydrogen-bond donors (Lipinski definition) is 4. The van der Waals surface area contributed by atoms with Crippen molar-refractivity contribution in [2.75, 3.05) is 53.3 Å². The fraction of sp³-hybridized carbons (Fsp3) is 0.604. The van der Waals surface area contributed by atoms with Crippen LogP contribution in [0.1, 0.15) is 129 Å². The highest BCUT2D eigenvalue weighted by molar-refractivity contribution is 8.00. The molecule has 1 unspecified atom stereocenters. The standard InChI is InChI=1S/C53H87N2O11PS/c1-6-8-10-12-14-16-18-20-21-22-23-24-25-26-28-30-32-34-36-41-52(59)63-44-47(45-65-67(61,62)64-43-42-55(3,4)5)66-53(60)48(54)46-68-50(49(56)38-37-40-51(57)58)39-35-33-31-29-27-19-17-15-13-11-9-7-2/h14-17,20-21,23-24,26-29,31-35,39,47-50,56H,6-13,18-19,22,25,30,36-38,40-46,54H2,1-5H3,(H-,57,58,61,62)/p+1/b16-14-,17-15-,21-20-,24-23-,28-26-,29-27-,33-31+,34-32-,39-35+/t47-,48+,49+,50-/m1/s1. The third-order valence-corrected chi connectivity index (χ3v) is 12.2. The molecule has 5 N–H and O–H groups in total. The van der Waals surface area contributed by atoms with Crippen LogP contribution in [0, 0.1) is 0 Å². The van der Waals surface area contributed by atoms with Crippen LogP contribution in [0.15, 0.2) is 109 Å². The largest absolute Gasteiger partial charge is 0.481 e. The second kappa shape index (κ2) is 43.4. The van der Waals surface area contributed by atoms with Gasteiger partial charge in [0.1, 0.15) is 25.8 Å². The van der Waals surface area contributed by atoms with E-state index in [4.69, 9.17) is 29.4 Å². The molecular weight excluding hydrogens is 904 g/mol. The van der Waals surface area contributed by atoms with Crippen LogP contribution in [-0.2, 0) is 37.5 Å². The predicted molar refractivity (Wildman–Crippen MR) is 280 cm³/mol. The van der Waals surface area contributed by atoms with Gasteiger partial charge in [-0.15, -0.1) is 11.8 Å². The van der Waals surface area contributed by atoms with Crippen molar-refractivity contribution in [3.05, 3.63) is 109 Å². The number of aliphatic carboxylic acids is 1. The number of aliphatic hydroxyl groups is 1. The lowest BCUT2D eigenvalue weighted by Crippen LogP contribution is -2.40. The summed E-state index contributed by atoms with van der Waals surface area (Å²) in [5, 5.41) is 19.5. The first kappa shape index (κ1) is 64.4. The van der Waals surface area contributed by atoms with Gasteiger partial charge in [0.2, 0.25) is 0 Å². The van der Waals surface area contributed by atoms with E-state index in [1.807, 2.05) is 57.6 Å². The second-order valence-electron chi connectivity index (χ2n) is 17.3. The Morgan fingerprint density at radius 1 is 0.676 bits per heavy atom. The monoisotopic (exact) mass is 992 g/mol. The van der Waals surface area contributed by atoms with E-state index in [0.29, 0.717) is 23.9 Å². The highest BCUT2D eigenvalue weighted by Crippen LogP contribution is 2.43. The third kappa shape index (κ3) is 43.7. The lowest BCUT2D eigenvalue weighted by atomic mass is 10.1. The molecule has 0 aromatic rings. The normalized spacial score (nSPS) is 15.6. The molecule has 13 nitrogen and oxygen atoms in total. The maximum atomic E-state index is 13.3. The summed E-state index contributed by atoms with van der Waals surface area (Å²) < 4.78 is 34.3. The number of unbranched alkanes of at least 4 members (excludes halogenated alkanes) is 6. The molecule has 0 spiro atoms. The molecule has 15 heteroatoms. The molecule has 0 bridgehead atoms. The van der Waals surface area contributed by atoms with Gasteiger partial charge in [0, 0.05) is 23.8 Å². The van der Waals surface area contributed by atoms with E-state index in [9.17, 15) is 28.9 Å². The van der Waals surface area contributed by atoms with Crippen LogP contribution in [0.3, 0.4) is 0 Å². The number of thioether (sulfide) groups is 1. The van der Waals surface area contributed by atoms with Gasteiger partial charge in [-0.05, 0) is 77.0 Å². The first-order valence-corrected chi connectivity index (χ1v) is 27.1. The number of rotatable bonds is 43. The molecule has 0 aromatic carbocycles. The van der Waals surface area contributed by atoms with E-state index in [1.165, 1.54) is 50.3 Å². The van der Waals surface area contributed by atoms with Gasteiger partial charge in [0.15, 0.2) is 6.10 Å². The SMILES string of the molecule is CCCCC/C=C\C\C=C/C=C/C=C/[C@@H](SC[C@H](N)C(=O)O[C@H](COC(=O)CC/C=C\C/C=C\C/C=C\C/C=C\C/C=C\CCCCC)COP(=O)(O)OCC[N+](C)(C)C)[C@@H](O)CCCC(=O)O. The van der Waals surface area contributed by atoms with Gasteiger partial charge in [-0.25, -0.2) is 4.57 Å². The fourth-order valence-corrected chi connectivity index (χ4v) is 7.64. The average Bonchev–Trinajstić information content (AvgIpc) is 3.28. The molecule has 0 aliphatic rings. The first-order valence-electron chi connectivity index (χ1n) is 24.6. The van der Waals surface area contributed by atoms with Gasteiger partial charge in [0.25, 0.3) is 0 Å². The van der Waals surface area contributed by atoms with E-state index in [1.54, 1.807) is 12.2 Å². The van der Waals surface area contributed by atoms with Crippen molar-refractivity contribution in [3.63, 3.8) is 0 Å². The number of likely N-dealkylation sites (N-methyl/N-ethyl adjacent to an activating group) is 1. The molecule has 68 heavy (non-hydrogen) atoms. The molecule has 0 heterocycles. The van der Waals surface area contributed by atoms with Gasteiger partial charge in [-0.3, -0.25) is 23.4 Å². The number of carboxylic acids is 1. The van der Waals surface area contributed by atoms with Gasteiger partial charge in [0.05, 0.1) is 33.9 Å². The first-order chi connectivity index (χ1) is 32.6. The number of phosphoric ester groups is 1. The van der Waals surface area contributed by atoms with Crippen molar-refractivity contribution in [2.45, 2.75) is 153 Å². The Bertz CT molecular complexity index is 1650. The predicted octanol–water partition coefficient (Wildman–Crippen LogP) is 11.2. The molecule has 0 aliphatic heterocycles. The number of nitrogens with two attached hydrogens (primary N) is 1. The van der Waals surface area contributed by atoms with Crippen molar-refractivity contribution in [1.82, 2.24) is 0 Å². The van der Waals surface area contributed by atoms with E-state index in [2.05, 4.69) is 74.6 Å². The van der Waals surface area contributed by atoms with Crippen LogP contribution >= 0.6 is 19.6 Å². The smallest absolute Gasteiger partial charge is 0.472 e. The van der Waals surface area contributed by atoms with E-state index >= 15 is 0 Å².